The number of imidazole rings is 1. The summed E-state index contributed by atoms with van der Waals surface area (Å²) in [6.07, 6.45) is 2.10. The van der Waals surface area contributed by atoms with Gasteiger partial charge < -0.3 is 0 Å². The van der Waals surface area contributed by atoms with Crippen LogP contribution >= 0.6 is 0 Å². The fourth-order valence-corrected chi connectivity index (χ4v) is 0.943. The van der Waals surface area contributed by atoms with Crippen molar-refractivity contribution in [2.45, 2.75) is 6.67 Å². The van der Waals surface area contributed by atoms with E-state index in [-0.39, 0.29) is 5.69 Å². The molecule has 0 aliphatic heterocycles. The van der Waals surface area contributed by atoms with Crippen molar-refractivity contribution < 1.29 is 12.5 Å². The first-order chi connectivity index (χ1) is 4.75. The van der Waals surface area contributed by atoms with E-state index in [1.165, 1.54) is 0 Å². The van der Waals surface area contributed by atoms with Crippen molar-refractivity contribution in [2.75, 3.05) is 0 Å². The van der Waals surface area contributed by atoms with Gasteiger partial charge in [0, 0.05) is 0 Å². The lowest BCUT2D eigenvalue weighted by molar-refractivity contribution is 0.472. The summed E-state index contributed by atoms with van der Waals surface area (Å²) < 4.78 is 34.5. The molecule has 0 aliphatic carbocycles. The molecule has 0 radical (unpaired) electrons. The Kier molecular flexibility index (Phi) is 2.10. The Labute approximate surface area is 58.6 Å². The molecule has 0 spiro atoms. The molecule has 56 valence electrons. The fourth-order valence-electron chi connectivity index (χ4n) is 0.534. The van der Waals surface area contributed by atoms with E-state index in [1.54, 1.807) is 0 Å². The van der Waals surface area contributed by atoms with Crippen LogP contribution in [-0.4, -0.2) is 13.2 Å². The van der Waals surface area contributed by atoms with E-state index in [2.05, 4.69) is 4.98 Å². The summed E-state index contributed by atoms with van der Waals surface area (Å²) >= 11 is -2.70. The van der Waals surface area contributed by atoms with Crippen LogP contribution in [0.15, 0.2) is 12.5 Å². The highest BCUT2D eigenvalue weighted by Gasteiger charge is 2.05. The molecule has 1 heterocycles. The predicted molar refractivity (Wildman–Crippen MR) is 31.7 cm³/mol. The molecule has 1 rings (SSSR count). The Bertz CT molecular complexity index is 249. The molecule has 1 atom stereocenters. The van der Waals surface area contributed by atoms with Gasteiger partial charge in [-0.25, -0.2) is 13.3 Å². The Balaban J connectivity index is 3.01. The minimum absolute atomic E-state index is 0.0270. The molecule has 10 heavy (non-hydrogen) atoms. The van der Waals surface area contributed by atoms with E-state index in [1.807, 2.05) is 0 Å². The third-order valence-corrected chi connectivity index (χ3v) is 1.61. The Morgan fingerprint density at radius 1 is 1.80 bits per heavy atom. The number of alkyl halides is 1. The molecule has 0 saturated heterocycles. The molecule has 0 fully saturated rings. The third kappa shape index (κ3) is 1.21. The molecule has 1 unspecified atom stereocenters. The largest absolute Gasteiger partial charge is 0.309 e. The molecular weight excluding hydrogens is 162 g/mol. The van der Waals surface area contributed by atoms with Gasteiger partial charge in [0.1, 0.15) is 13.0 Å². The average molecular weight is 166 g/mol. The van der Waals surface area contributed by atoms with Gasteiger partial charge in [-0.15, -0.1) is 3.89 Å². The Morgan fingerprint density at radius 3 is 2.90 bits per heavy atom. The van der Waals surface area contributed by atoms with Crippen LogP contribution < -0.4 is 0 Å². The Hall–Kier alpha value is -0.780. The molecule has 0 N–H and O–H groups in total. The zero-order chi connectivity index (χ0) is 7.56. The number of hydrogen-bond donors (Lipinski definition) is 0. The van der Waals surface area contributed by atoms with Gasteiger partial charge in [-0.2, -0.15) is 4.21 Å². The van der Waals surface area contributed by atoms with E-state index in [0.717, 1.165) is 12.5 Å². The van der Waals surface area contributed by atoms with Crippen molar-refractivity contribution in [1.29, 1.82) is 0 Å². The first-order valence-corrected chi connectivity index (χ1v) is 3.42. The molecule has 0 bridgehead atoms. The highest BCUT2D eigenvalue weighted by molar-refractivity contribution is 7.78. The lowest BCUT2D eigenvalue weighted by atomic mass is 10.5. The highest BCUT2D eigenvalue weighted by Crippen LogP contribution is 2.03. The molecule has 0 aliphatic rings. The van der Waals surface area contributed by atoms with E-state index >= 15 is 0 Å². The van der Waals surface area contributed by atoms with Crippen molar-refractivity contribution in [3.05, 3.63) is 18.2 Å². The van der Waals surface area contributed by atoms with Crippen molar-refractivity contribution in [3.8, 4) is 0 Å². The number of halogens is 2. The second kappa shape index (κ2) is 2.87. The van der Waals surface area contributed by atoms with Crippen LogP contribution in [0.3, 0.4) is 0 Å². The third-order valence-electron chi connectivity index (χ3n) is 0.970. The van der Waals surface area contributed by atoms with E-state index in [4.69, 9.17) is 0 Å². The average Bonchev–Trinajstić information content (AvgIpc) is 2.33. The summed E-state index contributed by atoms with van der Waals surface area (Å²) in [7, 11) is 0. The molecular formula is C4H4F2N2OS. The van der Waals surface area contributed by atoms with Gasteiger partial charge in [-0.1, -0.05) is 0 Å². The van der Waals surface area contributed by atoms with Crippen LogP contribution in [0.2, 0.25) is 0 Å². The van der Waals surface area contributed by atoms with Crippen molar-refractivity contribution in [1.82, 2.24) is 8.96 Å². The lowest BCUT2D eigenvalue weighted by Gasteiger charge is -1.93. The van der Waals surface area contributed by atoms with Gasteiger partial charge in [0.05, 0.1) is 11.9 Å². The topological polar surface area (TPSA) is 34.9 Å². The van der Waals surface area contributed by atoms with Crippen LogP contribution in [-0.2, 0) is 18.0 Å². The molecule has 1 aromatic rings. The van der Waals surface area contributed by atoms with Crippen LogP contribution in [0.1, 0.15) is 5.69 Å². The van der Waals surface area contributed by atoms with Crippen LogP contribution in [0.25, 0.3) is 0 Å². The van der Waals surface area contributed by atoms with E-state index < -0.39 is 18.0 Å². The van der Waals surface area contributed by atoms with Gasteiger partial charge in [-0.05, 0) is 0 Å². The first kappa shape index (κ1) is 7.33. The smallest absolute Gasteiger partial charge is 0.244 e. The number of rotatable bonds is 2. The minimum atomic E-state index is -2.70. The zero-order valence-corrected chi connectivity index (χ0v) is 5.65. The predicted octanol–water partition coefficient (Wildman–Crippen LogP) is 0.749. The summed E-state index contributed by atoms with van der Waals surface area (Å²) in [5, 5.41) is 0. The zero-order valence-electron chi connectivity index (χ0n) is 4.83. The van der Waals surface area contributed by atoms with E-state index in [9.17, 15) is 12.5 Å². The highest BCUT2D eigenvalue weighted by atomic mass is 32.2. The number of aromatic nitrogens is 2. The summed E-state index contributed by atoms with van der Waals surface area (Å²) in [4.78, 5) is 3.40. The maximum absolute atomic E-state index is 11.9. The Morgan fingerprint density at radius 2 is 2.50 bits per heavy atom. The van der Waals surface area contributed by atoms with Crippen molar-refractivity contribution in [3.63, 3.8) is 0 Å². The second-order valence-electron chi connectivity index (χ2n) is 1.55. The second-order valence-corrected chi connectivity index (χ2v) is 2.36. The van der Waals surface area contributed by atoms with Crippen LogP contribution in [0.5, 0.6) is 0 Å². The number of hydrogen-bond acceptors (Lipinski definition) is 2. The lowest BCUT2D eigenvalue weighted by Crippen LogP contribution is -1.99. The van der Waals surface area contributed by atoms with Crippen molar-refractivity contribution >= 4 is 11.4 Å². The van der Waals surface area contributed by atoms with Gasteiger partial charge in [-0.3, -0.25) is 0 Å². The van der Waals surface area contributed by atoms with E-state index in [0.29, 0.717) is 3.97 Å². The monoisotopic (exact) mass is 166 g/mol. The van der Waals surface area contributed by atoms with Gasteiger partial charge in [0.2, 0.25) is 0 Å². The van der Waals surface area contributed by atoms with Gasteiger partial charge >= 0.3 is 11.4 Å². The molecule has 6 heteroatoms. The first-order valence-electron chi connectivity index (χ1n) is 2.41. The minimum Gasteiger partial charge on any atom is -0.244 e. The molecule has 1 aromatic heterocycles. The molecule has 0 aromatic carbocycles. The molecule has 3 nitrogen and oxygen atoms in total. The van der Waals surface area contributed by atoms with Gasteiger partial charge in [0.15, 0.2) is 0 Å². The molecule has 0 amide bonds. The van der Waals surface area contributed by atoms with Crippen LogP contribution in [0, 0.1) is 0 Å². The molecule has 0 saturated carbocycles. The summed E-state index contributed by atoms with van der Waals surface area (Å²) in [5.74, 6) is 0. The van der Waals surface area contributed by atoms with Crippen molar-refractivity contribution in [2.24, 2.45) is 0 Å². The number of nitrogens with zero attached hydrogens (tertiary/aromatic N) is 2. The van der Waals surface area contributed by atoms with Crippen LogP contribution in [0.4, 0.5) is 8.28 Å². The standard InChI is InChI=1S/C4H4F2N2OS/c5-1-4-2-7-3-8(4)10(6)9/h2-3H,1H2. The van der Waals surface area contributed by atoms with Gasteiger partial charge in [0.25, 0.3) is 0 Å². The summed E-state index contributed by atoms with van der Waals surface area (Å²) in [6.45, 7) is -0.865. The maximum atomic E-state index is 11.9. The SMILES string of the molecule is O=S(F)n1cncc1CF. The quantitative estimate of drug-likeness (QED) is 0.607. The fraction of sp³-hybridized carbons (Fsp3) is 0.250. The normalized spacial score (nSPS) is 13.4. The maximum Gasteiger partial charge on any atom is 0.309 e. The summed E-state index contributed by atoms with van der Waals surface area (Å²) in [6, 6.07) is 0. The summed E-state index contributed by atoms with van der Waals surface area (Å²) in [5.41, 5.74) is -0.0270.